The number of benzene rings is 3. The van der Waals surface area contributed by atoms with Crippen LogP contribution in [0.3, 0.4) is 0 Å². The molecule has 4 nitrogen and oxygen atoms in total. The molecule has 0 unspecified atom stereocenters. The third kappa shape index (κ3) is 4.88. The molecule has 0 aliphatic rings. The smallest absolute Gasteiger partial charge is 0.292 e. The van der Waals surface area contributed by atoms with Crippen LogP contribution >= 0.6 is 0 Å². The van der Waals surface area contributed by atoms with Gasteiger partial charge in [0.2, 0.25) is 0 Å². The summed E-state index contributed by atoms with van der Waals surface area (Å²) < 4.78 is 4.73. The maximum Gasteiger partial charge on any atom is 0.292 e. The summed E-state index contributed by atoms with van der Waals surface area (Å²) in [5, 5.41) is 8.46. The van der Waals surface area contributed by atoms with Gasteiger partial charge in [0.25, 0.3) is 6.26 Å². The summed E-state index contributed by atoms with van der Waals surface area (Å²) in [6.07, 6.45) is 5.27. The fourth-order valence-electron chi connectivity index (χ4n) is 2.13. The van der Waals surface area contributed by atoms with Crippen molar-refractivity contribution < 1.29 is 4.74 Å². The van der Waals surface area contributed by atoms with Crippen molar-refractivity contribution in [2.75, 3.05) is 0 Å². The molecule has 0 amide bonds. The first-order valence-corrected chi connectivity index (χ1v) is 7.73. The Labute approximate surface area is 146 Å². The second-order valence-electron chi connectivity index (χ2n) is 5.21. The van der Waals surface area contributed by atoms with Gasteiger partial charge in [0.1, 0.15) is 5.75 Å². The van der Waals surface area contributed by atoms with E-state index in [1.807, 2.05) is 60.8 Å². The molecule has 3 aromatic carbocycles. The van der Waals surface area contributed by atoms with Gasteiger partial charge in [0.05, 0.1) is 11.4 Å². The zero-order valence-corrected chi connectivity index (χ0v) is 13.4. The van der Waals surface area contributed by atoms with E-state index >= 15 is 0 Å². The van der Waals surface area contributed by atoms with Crippen LogP contribution in [-0.2, 0) is 0 Å². The van der Waals surface area contributed by atoms with E-state index in [4.69, 9.17) is 10.00 Å². The van der Waals surface area contributed by atoms with Crippen LogP contribution in [0.25, 0.3) is 0 Å². The Morgan fingerprint density at radius 1 is 0.680 bits per heavy atom. The number of rotatable bonds is 5. The topological polar surface area (TPSA) is 57.7 Å². The SMILES string of the molecule is N#COc1ccc(N=Cc2ccc(C=Nc3ccccc3)cc2)cc1. The molecule has 3 rings (SSSR count). The number of hydrogen-bond donors (Lipinski definition) is 0. The molecule has 0 saturated carbocycles. The fraction of sp³-hybridized carbons (Fsp3) is 0. The van der Waals surface area contributed by atoms with Crippen LogP contribution in [0.2, 0.25) is 0 Å². The minimum absolute atomic E-state index is 0.503. The molecule has 3 aromatic rings. The van der Waals surface area contributed by atoms with E-state index in [-0.39, 0.29) is 0 Å². The second-order valence-corrected chi connectivity index (χ2v) is 5.21. The first kappa shape index (κ1) is 16.2. The molecule has 0 aromatic heterocycles. The van der Waals surface area contributed by atoms with Crippen LogP contribution < -0.4 is 4.74 Å². The third-order valence-corrected chi connectivity index (χ3v) is 3.42. The van der Waals surface area contributed by atoms with Crippen molar-refractivity contribution in [1.29, 1.82) is 5.26 Å². The lowest BCUT2D eigenvalue weighted by Crippen LogP contribution is -1.84. The van der Waals surface area contributed by atoms with Crippen LogP contribution in [0.15, 0.2) is 88.8 Å². The molecule has 0 aliphatic heterocycles. The lowest BCUT2D eigenvalue weighted by molar-refractivity contribution is 0.507. The molecule has 120 valence electrons. The van der Waals surface area contributed by atoms with Gasteiger partial charge in [-0.1, -0.05) is 42.5 Å². The highest BCUT2D eigenvalue weighted by molar-refractivity contribution is 5.86. The minimum atomic E-state index is 0.503. The summed E-state index contributed by atoms with van der Waals surface area (Å²) in [4.78, 5) is 8.83. The Bertz CT molecular complexity index is 906. The Morgan fingerprint density at radius 2 is 1.20 bits per heavy atom. The fourth-order valence-corrected chi connectivity index (χ4v) is 2.13. The van der Waals surface area contributed by atoms with Crippen LogP contribution in [0.5, 0.6) is 5.75 Å². The Balaban J connectivity index is 1.64. The summed E-state index contributed by atoms with van der Waals surface area (Å²) in [5.74, 6) is 0.503. The van der Waals surface area contributed by atoms with E-state index in [1.165, 1.54) is 0 Å². The molecule has 4 heteroatoms. The van der Waals surface area contributed by atoms with Crippen molar-refractivity contribution in [3.8, 4) is 12.0 Å². The third-order valence-electron chi connectivity index (χ3n) is 3.42. The number of ether oxygens (including phenoxy) is 1. The number of para-hydroxylation sites is 1. The van der Waals surface area contributed by atoms with Crippen LogP contribution in [0, 0.1) is 11.5 Å². The molecule has 0 spiro atoms. The van der Waals surface area contributed by atoms with E-state index in [0.29, 0.717) is 5.75 Å². The first-order valence-electron chi connectivity index (χ1n) is 7.73. The molecule has 0 saturated heterocycles. The summed E-state index contributed by atoms with van der Waals surface area (Å²) >= 11 is 0. The zero-order valence-electron chi connectivity index (χ0n) is 13.4. The van der Waals surface area contributed by atoms with Gasteiger partial charge < -0.3 is 4.74 Å². The van der Waals surface area contributed by atoms with Gasteiger partial charge >= 0.3 is 0 Å². The maximum atomic E-state index is 8.46. The van der Waals surface area contributed by atoms with Crippen molar-refractivity contribution in [2.24, 2.45) is 9.98 Å². The van der Waals surface area contributed by atoms with E-state index in [2.05, 4.69) is 9.98 Å². The van der Waals surface area contributed by atoms with Gasteiger partial charge in [-0.2, -0.15) is 0 Å². The molecule has 0 fully saturated rings. The Hall–Kier alpha value is -3.71. The van der Waals surface area contributed by atoms with Crippen molar-refractivity contribution in [1.82, 2.24) is 0 Å². The summed E-state index contributed by atoms with van der Waals surface area (Å²) in [6.45, 7) is 0. The average Bonchev–Trinajstić information content (AvgIpc) is 2.68. The molecule has 0 bridgehead atoms. The van der Waals surface area contributed by atoms with Gasteiger partial charge in [-0.25, -0.2) is 0 Å². The predicted octanol–water partition coefficient (Wildman–Crippen LogP) is 5.05. The highest BCUT2D eigenvalue weighted by atomic mass is 16.5. The normalized spacial score (nSPS) is 10.8. The summed E-state index contributed by atoms with van der Waals surface area (Å²) in [7, 11) is 0. The van der Waals surface area contributed by atoms with E-state index < -0.39 is 0 Å². The van der Waals surface area contributed by atoms with Crippen LogP contribution in [0.4, 0.5) is 11.4 Å². The van der Waals surface area contributed by atoms with Gasteiger partial charge in [-0.3, -0.25) is 9.98 Å². The molecule has 0 atom stereocenters. The van der Waals surface area contributed by atoms with Crippen molar-refractivity contribution in [3.05, 3.63) is 90.0 Å². The van der Waals surface area contributed by atoms with Crippen molar-refractivity contribution in [3.63, 3.8) is 0 Å². The molecular weight excluding hydrogens is 310 g/mol. The first-order chi connectivity index (χ1) is 12.3. The van der Waals surface area contributed by atoms with E-state index in [0.717, 1.165) is 22.5 Å². The monoisotopic (exact) mass is 325 g/mol. The lowest BCUT2D eigenvalue weighted by Gasteiger charge is -1.98. The molecular formula is C21H15N3O. The van der Waals surface area contributed by atoms with Gasteiger partial charge in [-0.05, 0) is 47.5 Å². The van der Waals surface area contributed by atoms with E-state index in [1.54, 1.807) is 36.7 Å². The molecule has 25 heavy (non-hydrogen) atoms. The zero-order chi connectivity index (χ0) is 17.3. The largest absolute Gasteiger partial charge is 0.388 e. The number of nitriles is 1. The molecule has 0 N–H and O–H groups in total. The summed E-state index contributed by atoms with van der Waals surface area (Å²) in [5.41, 5.74) is 3.74. The van der Waals surface area contributed by atoms with Crippen molar-refractivity contribution >= 4 is 23.8 Å². The Kier molecular flexibility index (Phi) is 5.32. The standard InChI is InChI=1S/C21H15N3O/c22-16-25-21-12-10-20(11-13-21)24-15-18-8-6-17(7-9-18)14-23-19-4-2-1-3-5-19/h1-15H. The second kappa shape index (κ2) is 8.23. The molecule has 0 heterocycles. The Morgan fingerprint density at radius 3 is 1.72 bits per heavy atom. The highest BCUT2D eigenvalue weighted by Crippen LogP contribution is 2.18. The van der Waals surface area contributed by atoms with E-state index in [9.17, 15) is 0 Å². The average molecular weight is 325 g/mol. The van der Waals surface area contributed by atoms with Crippen LogP contribution in [0.1, 0.15) is 11.1 Å². The van der Waals surface area contributed by atoms with Crippen molar-refractivity contribution in [2.45, 2.75) is 0 Å². The van der Waals surface area contributed by atoms with Gasteiger partial charge in [0, 0.05) is 12.4 Å². The molecule has 0 radical (unpaired) electrons. The molecule has 0 aliphatic carbocycles. The quantitative estimate of drug-likeness (QED) is 0.487. The predicted molar refractivity (Wildman–Crippen MR) is 100 cm³/mol. The highest BCUT2D eigenvalue weighted by Gasteiger charge is 1.94. The summed E-state index contributed by atoms with van der Waals surface area (Å²) in [6, 6.07) is 24.8. The maximum absolute atomic E-state index is 8.46. The lowest BCUT2D eigenvalue weighted by atomic mass is 10.1. The number of hydrogen-bond acceptors (Lipinski definition) is 4. The minimum Gasteiger partial charge on any atom is -0.388 e. The van der Waals surface area contributed by atoms with Crippen LogP contribution in [-0.4, -0.2) is 12.4 Å². The number of nitrogens with zero attached hydrogens (tertiary/aromatic N) is 3. The number of aliphatic imine (C=N–C) groups is 2. The van der Waals surface area contributed by atoms with Gasteiger partial charge in [0.15, 0.2) is 0 Å². The van der Waals surface area contributed by atoms with Gasteiger partial charge in [-0.15, -0.1) is 5.26 Å².